The largest absolute Gasteiger partial charge is 0.383 e. The Kier molecular flexibility index (Phi) is 4.44. The molecule has 5 heteroatoms. The number of nitrogens with zero attached hydrogens (tertiary/aromatic N) is 2. The summed E-state index contributed by atoms with van der Waals surface area (Å²) >= 11 is 0. The molecule has 0 aliphatic heterocycles. The van der Waals surface area contributed by atoms with Gasteiger partial charge in [0.25, 0.3) is 5.89 Å². The molecule has 1 atom stereocenters. The average Bonchev–Trinajstić information content (AvgIpc) is 2.87. The molecule has 0 amide bonds. The van der Waals surface area contributed by atoms with Crippen LogP contribution in [0.25, 0.3) is 0 Å². The smallest absolute Gasteiger partial charge is 0.255 e. The van der Waals surface area contributed by atoms with Crippen molar-refractivity contribution in [2.24, 2.45) is 5.73 Å². The minimum atomic E-state index is -0.757. The van der Waals surface area contributed by atoms with Crippen LogP contribution in [0.4, 0.5) is 0 Å². The zero-order valence-corrected chi connectivity index (χ0v) is 10.1. The third-order valence-corrected chi connectivity index (χ3v) is 2.69. The van der Waals surface area contributed by atoms with Crippen LogP contribution in [0.5, 0.6) is 0 Å². The second kappa shape index (κ2) is 6.28. The monoisotopic (exact) mass is 247 g/mol. The van der Waals surface area contributed by atoms with Gasteiger partial charge in [0.1, 0.15) is 6.10 Å². The van der Waals surface area contributed by atoms with Crippen molar-refractivity contribution in [1.29, 1.82) is 0 Å². The van der Waals surface area contributed by atoms with E-state index in [4.69, 9.17) is 10.3 Å². The predicted octanol–water partition coefficient (Wildman–Crippen LogP) is 1.24. The van der Waals surface area contributed by atoms with Gasteiger partial charge in [-0.25, -0.2) is 0 Å². The molecule has 1 heterocycles. The van der Waals surface area contributed by atoms with E-state index < -0.39 is 6.10 Å². The number of aliphatic hydroxyl groups excluding tert-OH is 1. The molecule has 0 spiro atoms. The Labute approximate surface area is 106 Å². The van der Waals surface area contributed by atoms with Gasteiger partial charge in [0, 0.05) is 6.42 Å². The number of hydrogen-bond donors (Lipinski definition) is 2. The van der Waals surface area contributed by atoms with Gasteiger partial charge in [0.2, 0.25) is 0 Å². The van der Waals surface area contributed by atoms with Crippen LogP contribution in [-0.2, 0) is 12.8 Å². The fourth-order valence-corrected chi connectivity index (χ4v) is 1.69. The molecule has 2 aromatic rings. The first-order valence-electron chi connectivity index (χ1n) is 6.04. The van der Waals surface area contributed by atoms with Gasteiger partial charge in [-0.3, -0.25) is 0 Å². The quantitative estimate of drug-likeness (QED) is 0.802. The van der Waals surface area contributed by atoms with Crippen LogP contribution in [0.3, 0.4) is 0 Å². The molecule has 0 bridgehead atoms. The van der Waals surface area contributed by atoms with Gasteiger partial charge in [-0.2, -0.15) is 4.98 Å². The summed E-state index contributed by atoms with van der Waals surface area (Å²) in [5.41, 5.74) is 6.59. The summed E-state index contributed by atoms with van der Waals surface area (Å²) in [6.07, 6.45) is 1.23. The summed E-state index contributed by atoms with van der Waals surface area (Å²) in [5, 5.41) is 13.5. The first-order valence-corrected chi connectivity index (χ1v) is 6.04. The maximum absolute atomic E-state index is 9.64. The molecule has 1 unspecified atom stereocenters. The molecule has 0 aliphatic carbocycles. The summed E-state index contributed by atoms with van der Waals surface area (Å²) in [4.78, 5) is 4.16. The van der Waals surface area contributed by atoms with Crippen molar-refractivity contribution in [3.05, 3.63) is 47.6 Å². The number of aryl methyl sites for hydroxylation is 2. The lowest BCUT2D eigenvalue weighted by Gasteiger charge is -2.01. The first-order chi connectivity index (χ1) is 8.79. The fourth-order valence-electron chi connectivity index (χ4n) is 1.69. The molecule has 2 rings (SSSR count). The molecule has 96 valence electrons. The number of aliphatic hydroxyl groups is 1. The molecule has 5 nitrogen and oxygen atoms in total. The standard InChI is InChI=1S/C13H17N3O2/c14-9-8-11(17)13-15-12(16-18-13)7-6-10-4-2-1-3-5-10/h1-5,11,17H,6-9,14H2. The van der Waals surface area contributed by atoms with Crippen molar-refractivity contribution in [1.82, 2.24) is 10.1 Å². The van der Waals surface area contributed by atoms with Crippen LogP contribution in [0.1, 0.15) is 29.8 Å². The molecule has 3 N–H and O–H groups in total. The van der Waals surface area contributed by atoms with Crippen molar-refractivity contribution in [2.75, 3.05) is 6.54 Å². The Balaban J connectivity index is 1.91. The average molecular weight is 247 g/mol. The van der Waals surface area contributed by atoms with Gasteiger partial charge < -0.3 is 15.4 Å². The molecular formula is C13H17N3O2. The topological polar surface area (TPSA) is 85.2 Å². The van der Waals surface area contributed by atoms with Crippen molar-refractivity contribution >= 4 is 0 Å². The Morgan fingerprint density at radius 2 is 2.00 bits per heavy atom. The summed E-state index contributed by atoms with van der Waals surface area (Å²) in [6.45, 7) is 0.392. The van der Waals surface area contributed by atoms with E-state index in [9.17, 15) is 5.11 Å². The third-order valence-electron chi connectivity index (χ3n) is 2.69. The molecule has 18 heavy (non-hydrogen) atoms. The summed E-state index contributed by atoms with van der Waals surface area (Å²) in [6, 6.07) is 10.1. The van der Waals surface area contributed by atoms with E-state index in [1.807, 2.05) is 18.2 Å². The zero-order valence-electron chi connectivity index (χ0n) is 10.1. The van der Waals surface area contributed by atoms with Gasteiger partial charge in [-0.05, 0) is 24.9 Å². The molecule has 1 aromatic carbocycles. The number of nitrogens with two attached hydrogens (primary N) is 1. The Hall–Kier alpha value is -1.72. The van der Waals surface area contributed by atoms with Gasteiger partial charge in [0.05, 0.1) is 0 Å². The van der Waals surface area contributed by atoms with Crippen molar-refractivity contribution < 1.29 is 9.63 Å². The van der Waals surface area contributed by atoms with E-state index in [0.717, 1.165) is 6.42 Å². The molecule has 0 aliphatic rings. The lowest BCUT2D eigenvalue weighted by Crippen LogP contribution is -2.07. The van der Waals surface area contributed by atoms with Crippen molar-refractivity contribution in [2.45, 2.75) is 25.4 Å². The normalized spacial score (nSPS) is 12.6. The highest BCUT2D eigenvalue weighted by molar-refractivity contribution is 5.15. The summed E-state index contributed by atoms with van der Waals surface area (Å²) in [5.74, 6) is 0.869. The number of benzene rings is 1. The second-order valence-electron chi connectivity index (χ2n) is 4.13. The lowest BCUT2D eigenvalue weighted by atomic mass is 10.1. The number of rotatable bonds is 6. The SMILES string of the molecule is NCCC(O)c1nc(CCc2ccccc2)no1. The highest BCUT2D eigenvalue weighted by Crippen LogP contribution is 2.14. The van der Waals surface area contributed by atoms with E-state index >= 15 is 0 Å². The lowest BCUT2D eigenvalue weighted by molar-refractivity contribution is 0.127. The van der Waals surface area contributed by atoms with E-state index in [-0.39, 0.29) is 5.89 Å². The Bertz CT molecular complexity index is 470. The maximum Gasteiger partial charge on any atom is 0.255 e. The molecule has 0 saturated heterocycles. The molecule has 0 saturated carbocycles. The van der Waals surface area contributed by atoms with Crippen LogP contribution in [-0.4, -0.2) is 21.8 Å². The molecule has 0 radical (unpaired) electrons. The van der Waals surface area contributed by atoms with E-state index in [0.29, 0.717) is 25.2 Å². The Morgan fingerprint density at radius 3 is 2.72 bits per heavy atom. The molecule has 1 aromatic heterocycles. The van der Waals surface area contributed by atoms with Gasteiger partial charge >= 0.3 is 0 Å². The maximum atomic E-state index is 9.64. The van der Waals surface area contributed by atoms with Crippen LogP contribution in [0.15, 0.2) is 34.9 Å². The summed E-state index contributed by atoms with van der Waals surface area (Å²) < 4.78 is 5.00. The van der Waals surface area contributed by atoms with E-state index in [1.165, 1.54) is 5.56 Å². The highest BCUT2D eigenvalue weighted by atomic mass is 16.5. The van der Waals surface area contributed by atoms with Crippen LogP contribution in [0.2, 0.25) is 0 Å². The molecular weight excluding hydrogens is 230 g/mol. The summed E-state index contributed by atoms with van der Waals surface area (Å²) in [7, 11) is 0. The molecule has 0 fully saturated rings. The van der Waals surface area contributed by atoms with Crippen molar-refractivity contribution in [3.63, 3.8) is 0 Å². The van der Waals surface area contributed by atoms with Gasteiger partial charge in [0.15, 0.2) is 5.82 Å². The van der Waals surface area contributed by atoms with E-state index in [1.54, 1.807) is 0 Å². The highest BCUT2D eigenvalue weighted by Gasteiger charge is 2.14. The minimum absolute atomic E-state index is 0.253. The zero-order chi connectivity index (χ0) is 12.8. The Morgan fingerprint density at radius 1 is 1.22 bits per heavy atom. The van der Waals surface area contributed by atoms with Gasteiger partial charge in [-0.15, -0.1) is 0 Å². The third kappa shape index (κ3) is 3.38. The van der Waals surface area contributed by atoms with Crippen molar-refractivity contribution in [3.8, 4) is 0 Å². The van der Waals surface area contributed by atoms with Crippen LogP contribution in [0, 0.1) is 0 Å². The van der Waals surface area contributed by atoms with Crippen LogP contribution >= 0.6 is 0 Å². The number of hydrogen-bond acceptors (Lipinski definition) is 5. The van der Waals surface area contributed by atoms with E-state index in [2.05, 4.69) is 22.3 Å². The second-order valence-corrected chi connectivity index (χ2v) is 4.13. The predicted molar refractivity (Wildman–Crippen MR) is 66.8 cm³/mol. The number of aromatic nitrogens is 2. The fraction of sp³-hybridized carbons (Fsp3) is 0.385. The minimum Gasteiger partial charge on any atom is -0.383 e. The first kappa shape index (κ1) is 12.7. The van der Waals surface area contributed by atoms with Gasteiger partial charge in [-0.1, -0.05) is 35.5 Å². The van der Waals surface area contributed by atoms with Crippen LogP contribution < -0.4 is 5.73 Å².